The monoisotopic (exact) mass is 522 g/mol. The van der Waals surface area contributed by atoms with Crippen LogP contribution in [-0.4, -0.2) is 96.4 Å². The lowest BCUT2D eigenvalue weighted by molar-refractivity contribution is -0.0495. The molecular weight excluding hydrogens is 490 g/mol. The first kappa shape index (κ1) is 25.1. The number of piperidine rings is 1. The quantitative estimate of drug-likeness (QED) is 0.617. The summed E-state index contributed by atoms with van der Waals surface area (Å²) in [5, 5.41) is 0.446. The molecule has 11 heteroatoms. The van der Waals surface area contributed by atoms with E-state index < -0.39 is 34.7 Å². The Hall–Kier alpha value is -2.53. The number of likely N-dealkylation sites (tertiary alicyclic amines) is 1. The zero-order valence-corrected chi connectivity index (χ0v) is 21.3. The van der Waals surface area contributed by atoms with Gasteiger partial charge < -0.3 is 9.80 Å². The molecule has 3 fully saturated rings. The third-order valence-corrected chi connectivity index (χ3v) is 8.84. The number of hydrogen-bond donors (Lipinski definition) is 0. The largest absolute Gasteiger partial charge is 0.337 e. The van der Waals surface area contributed by atoms with Crippen molar-refractivity contribution in [2.24, 2.45) is 0 Å². The van der Waals surface area contributed by atoms with Gasteiger partial charge in [-0.3, -0.25) is 14.5 Å². The normalized spacial score (nSPS) is 21.9. The van der Waals surface area contributed by atoms with E-state index in [1.165, 1.54) is 36.6 Å². The lowest BCUT2D eigenvalue weighted by Gasteiger charge is -2.38. The summed E-state index contributed by atoms with van der Waals surface area (Å²) < 4.78 is 53.3. The maximum absolute atomic E-state index is 13.6. The van der Waals surface area contributed by atoms with Crippen LogP contribution >= 0.6 is 0 Å². The number of benzene rings is 1. The van der Waals surface area contributed by atoms with Gasteiger partial charge >= 0.3 is 0 Å². The van der Waals surface area contributed by atoms with E-state index in [2.05, 4.69) is 4.90 Å². The average Bonchev–Trinajstić information content (AvgIpc) is 3.51. The highest BCUT2D eigenvalue weighted by molar-refractivity contribution is 7.89. The summed E-state index contributed by atoms with van der Waals surface area (Å²) >= 11 is 0. The van der Waals surface area contributed by atoms with Crippen LogP contribution in [0.2, 0.25) is 0 Å². The van der Waals surface area contributed by atoms with Crippen molar-refractivity contribution in [2.45, 2.75) is 50.5 Å². The number of rotatable bonds is 4. The minimum Gasteiger partial charge on any atom is -0.337 e. The van der Waals surface area contributed by atoms with E-state index in [9.17, 15) is 26.8 Å². The Balaban J connectivity index is 1.38. The molecule has 0 radical (unpaired) electrons. The van der Waals surface area contributed by atoms with E-state index in [0.717, 1.165) is 23.3 Å². The van der Waals surface area contributed by atoms with Crippen LogP contribution in [0, 0.1) is 0 Å². The highest BCUT2D eigenvalue weighted by Crippen LogP contribution is 2.30. The molecule has 5 rings (SSSR count). The van der Waals surface area contributed by atoms with Crippen molar-refractivity contribution in [2.75, 3.05) is 45.5 Å². The Morgan fingerprint density at radius 2 is 1.50 bits per heavy atom. The van der Waals surface area contributed by atoms with Crippen LogP contribution in [0.15, 0.2) is 24.3 Å². The number of alkyl halides is 2. The lowest BCUT2D eigenvalue weighted by Crippen LogP contribution is -2.51. The fourth-order valence-electron chi connectivity index (χ4n) is 5.77. The van der Waals surface area contributed by atoms with Crippen molar-refractivity contribution < 1.29 is 26.8 Å². The van der Waals surface area contributed by atoms with E-state index >= 15 is 0 Å². The van der Waals surface area contributed by atoms with Gasteiger partial charge in [-0.2, -0.15) is 0 Å². The Morgan fingerprint density at radius 3 is 2.11 bits per heavy atom. The first-order valence-corrected chi connectivity index (χ1v) is 14.4. The van der Waals surface area contributed by atoms with Crippen molar-refractivity contribution in [1.82, 2.24) is 18.7 Å². The van der Waals surface area contributed by atoms with E-state index in [1.54, 1.807) is 18.2 Å². The van der Waals surface area contributed by atoms with Crippen molar-refractivity contribution in [3.8, 4) is 0 Å². The molecule has 1 aromatic carbocycles. The molecule has 0 spiro atoms. The van der Waals surface area contributed by atoms with Crippen LogP contribution < -0.4 is 0 Å². The predicted molar refractivity (Wildman–Crippen MR) is 132 cm³/mol. The topological polar surface area (TPSA) is 82.9 Å². The van der Waals surface area contributed by atoms with Gasteiger partial charge in [0.2, 0.25) is 10.0 Å². The number of halogens is 2. The van der Waals surface area contributed by atoms with Gasteiger partial charge in [-0.15, -0.1) is 0 Å². The molecule has 36 heavy (non-hydrogen) atoms. The maximum Gasteiger partial charge on any atom is 0.271 e. The van der Waals surface area contributed by atoms with Crippen LogP contribution in [0.25, 0.3) is 10.9 Å². The zero-order valence-electron chi connectivity index (χ0n) is 20.5. The first-order valence-electron chi connectivity index (χ1n) is 12.6. The van der Waals surface area contributed by atoms with Crippen LogP contribution in [0.5, 0.6) is 0 Å². The molecule has 0 N–H and O–H groups in total. The van der Waals surface area contributed by atoms with E-state index in [0.29, 0.717) is 30.1 Å². The molecule has 0 unspecified atom stereocenters. The molecule has 2 aromatic rings. The van der Waals surface area contributed by atoms with Gasteiger partial charge in [0.1, 0.15) is 5.69 Å². The highest BCUT2D eigenvalue weighted by atomic mass is 32.2. The van der Waals surface area contributed by atoms with Gasteiger partial charge in [0.05, 0.1) is 11.8 Å². The number of aromatic nitrogens is 1. The summed E-state index contributed by atoms with van der Waals surface area (Å²) in [5.74, 6) is -3.55. The van der Waals surface area contributed by atoms with E-state index in [4.69, 9.17) is 0 Å². The van der Waals surface area contributed by atoms with Crippen LogP contribution in [-0.2, 0) is 10.0 Å². The number of hydrogen-bond acceptors (Lipinski definition) is 5. The average molecular weight is 523 g/mol. The van der Waals surface area contributed by atoms with E-state index in [1.807, 2.05) is 4.90 Å². The van der Waals surface area contributed by atoms with Crippen molar-refractivity contribution in [3.05, 3.63) is 35.5 Å². The van der Waals surface area contributed by atoms with Gasteiger partial charge in [-0.25, -0.2) is 21.2 Å². The predicted octanol–water partition coefficient (Wildman–Crippen LogP) is 3.02. The Labute approximate surface area is 209 Å². The fourth-order valence-corrected chi connectivity index (χ4v) is 6.78. The molecule has 8 nitrogen and oxygen atoms in total. The molecule has 196 valence electrons. The second kappa shape index (κ2) is 9.41. The number of amides is 2. The summed E-state index contributed by atoms with van der Waals surface area (Å²) in [6.07, 6.45) is 5.08. The number of carbonyl (C=O) groups excluding carboxylic acids is 2. The van der Waals surface area contributed by atoms with Gasteiger partial charge in [-0.05, 0) is 37.1 Å². The molecule has 0 atom stereocenters. The summed E-state index contributed by atoms with van der Waals surface area (Å²) in [6.45, 7) is 2.68. The summed E-state index contributed by atoms with van der Waals surface area (Å²) in [7, 11) is -3.87. The standard InChI is InChI=1S/C25H32F2N4O4S/c1-36(34,35)31-21-7-6-18(23(32)30-14-12-28(13-15-30)20-4-2-3-5-20)16-19(21)17-22(31)24(33)29-10-8-25(26,27)9-11-29/h6-7,16-17,20H,2-5,8-15H2,1H3. The van der Waals surface area contributed by atoms with Gasteiger partial charge in [0.15, 0.2) is 0 Å². The maximum atomic E-state index is 13.6. The van der Waals surface area contributed by atoms with Crippen molar-refractivity contribution in [3.63, 3.8) is 0 Å². The van der Waals surface area contributed by atoms with Crippen molar-refractivity contribution in [1.29, 1.82) is 0 Å². The number of fused-ring (bicyclic) bond motifs is 1. The van der Waals surface area contributed by atoms with Gasteiger partial charge in [-0.1, -0.05) is 12.8 Å². The Morgan fingerprint density at radius 1 is 0.889 bits per heavy atom. The molecule has 1 aromatic heterocycles. The molecular formula is C25H32F2N4O4S. The first-order chi connectivity index (χ1) is 17.0. The number of nitrogens with zero attached hydrogens (tertiary/aromatic N) is 4. The SMILES string of the molecule is CS(=O)(=O)n1c(C(=O)N2CCC(F)(F)CC2)cc2cc(C(=O)N3CCN(C4CCCC4)CC3)ccc21. The zero-order chi connectivity index (χ0) is 25.7. The summed E-state index contributed by atoms with van der Waals surface area (Å²) in [6, 6.07) is 6.81. The van der Waals surface area contributed by atoms with Crippen LogP contribution in [0.3, 0.4) is 0 Å². The Bertz CT molecular complexity index is 1270. The smallest absolute Gasteiger partial charge is 0.271 e. The summed E-state index contributed by atoms with van der Waals surface area (Å²) in [4.78, 5) is 32.0. The lowest BCUT2D eigenvalue weighted by atomic mass is 10.1. The molecule has 2 amide bonds. The molecule has 1 saturated carbocycles. The molecule has 2 aliphatic heterocycles. The molecule has 1 aliphatic carbocycles. The molecule has 3 aliphatic rings. The fraction of sp³-hybridized carbons (Fsp3) is 0.600. The van der Waals surface area contributed by atoms with Crippen molar-refractivity contribution >= 4 is 32.7 Å². The van der Waals surface area contributed by atoms with E-state index in [-0.39, 0.29) is 30.2 Å². The molecule has 0 bridgehead atoms. The third kappa shape index (κ3) is 4.87. The molecule has 2 saturated heterocycles. The molecule has 3 heterocycles. The Kier molecular flexibility index (Phi) is 6.57. The van der Waals surface area contributed by atoms with Gasteiger partial charge in [0, 0.05) is 69.1 Å². The second-order valence-electron chi connectivity index (χ2n) is 10.2. The van der Waals surface area contributed by atoms with Crippen LogP contribution in [0.1, 0.15) is 59.4 Å². The minimum absolute atomic E-state index is 0.104. The highest BCUT2D eigenvalue weighted by Gasteiger charge is 2.37. The summed E-state index contributed by atoms with van der Waals surface area (Å²) in [5.41, 5.74) is 0.609. The number of piperazine rings is 1. The minimum atomic E-state index is -3.87. The third-order valence-electron chi connectivity index (χ3n) is 7.78. The number of carbonyl (C=O) groups is 2. The van der Waals surface area contributed by atoms with Gasteiger partial charge in [0.25, 0.3) is 17.7 Å². The second-order valence-corrected chi connectivity index (χ2v) is 12.1. The van der Waals surface area contributed by atoms with Crippen LogP contribution in [0.4, 0.5) is 8.78 Å².